The second kappa shape index (κ2) is 10.6. The van der Waals surface area contributed by atoms with E-state index in [2.05, 4.69) is 123 Å². The fourth-order valence-corrected chi connectivity index (χ4v) is 5.45. The number of pyridine rings is 1. The molecule has 1 aromatic heterocycles. The zero-order chi connectivity index (χ0) is 25.1. The Morgan fingerprint density at radius 2 is 1.47 bits per heavy atom. The number of aryl methyl sites for hydroxylation is 1. The third-order valence-corrected chi connectivity index (χ3v) is 7.26. The molecule has 0 saturated heterocycles. The molecule has 0 amide bonds. The van der Waals surface area contributed by atoms with Crippen LogP contribution in [0.25, 0.3) is 11.3 Å². The lowest BCUT2D eigenvalue weighted by atomic mass is 9.92. The quantitative estimate of drug-likeness (QED) is 0.267. The first kappa shape index (κ1) is 24.1. The molecular formula is C33H37N3. The molecule has 3 nitrogen and oxygen atoms in total. The Hall–Kier alpha value is -3.59. The molecule has 2 N–H and O–H groups in total. The van der Waals surface area contributed by atoms with Crippen molar-refractivity contribution in [2.75, 3.05) is 10.6 Å². The summed E-state index contributed by atoms with van der Waals surface area (Å²) in [5, 5.41) is 7.52. The summed E-state index contributed by atoms with van der Waals surface area (Å²) in [5.41, 5.74) is 11.3. The molecule has 184 valence electrons. The van der Waals surface area contributed by atoms with E-state index in [0.29, 0.717) is 24.4 Å². The summed E-state index contributed by atoms with van der Waals surface area (Å²) in [5.74, 6) is 0.929. The van der Waals surface area contributed by atoms with Crippen molar-refractivity contribution in [3.05, 3.63) is 113 Å². The molecule has 0 saturated carbocycles. The van der Waals surface area contributed by atoms with Crippen molar-refractivity contribution in [3.8, 4) is 11.3 Å². The van der Waals surface area contributed by atoms with E-state index in [1.165, 1.54) is 39.2 Å². The predicted molar refractivity (Wildman–Crippen MR) is 153 cm³/mol. The number of hydrogen-bond acceptors (Lipinski definition) is 3. The van der Waals surface area contributed by atoms with Crippen LogP contribution in [0, 0.1) is 0 Å². The van der Waals surface area contributed by atoms with E-state index in [1.54, 1.807) is 0 Å². The standard InChI is InChI=1S/C33H37N3/c1-22(2)27-15-10-16-28(23(3)4)33(27)34-21-26-14-9-18-30(36-26)29-17-8-11-24-19-20-31(32(24)29)35-25-12-6-5-7-13-25/h5-18,22-23,31,34-35H,19-21H2,1-4H3. The second-order valence-electron chi connectivity index (χ2n) is 10.5. The van der Waals surface area contributed by atoms with Gasteiger partial charge in [-0.05, 0) is 71.2 Å². The maximum absolute atomic E-state index is 5.14. The number of nitrogens with one attached hydrogen (secondary N) is 2. The Labute approximate surface area is 216 Å². The van der Waals surface area contributed by atoms with E-state index >= 15 is 0 Å². The molecule has 1 atom stereocenters. The monoisotopic (exact) mass is 475 g/mol. The van der Waals surface area contributed by atoms with Crippen LogP contribution >= 0.6 is 0 Å². The molecule has 0 aliphatic heterocycles. The molecule has 1 aliphatic carbocycles. The van der Waals surface area contributed by atoms with Crippen molar-refractivity contribution in [1.82, 2.24) is 4.98 Å². The minimum Gasteiger partial charge on any atom is -0.379 e. The van der Waals surface area contributed by atoms with Crippen LogP contribution in [0.3, 0.4) is 0 Å². The van der Waals surface area contributed by atoms with Gasteiger partial charge in [-0.15, -0.1) is 0 Å². The van der Waals surface area contributed by atoms with Gasteiger partial charge in [0.2, 0.25) is 0 Å². The third kappa shape index (κ3) is 5.02. The van der Waals surface area contributed by atoms with Crippen molar-refractivity contribution < 1.29 is 0 Å². The summed E-state index contributed by atoms with van der Waals surface area (Å²) >= 11 is 0. The molecule has 36 heavy (non-hydrogen) atoms. The molecule has 4 aromatic rings. The van der Waals surface area contributed by atoms with Crippen LogP contribution in [0.5, 0.6) is 0 Å². The van der Waals surface area contributed by atoms with Crippen LogP contribution in [0.2, 0.25) is 0 Å². The maximum atomic E-state index is 5.14. The van der Waals surface area contributed by atoms with E-state index in [1.807, 2.05) is 0 Å². The lowest BCUT2D eigenvalue weighted by Gasteiger charge is -2.21. The largest absolute Gasteiger partial charge is 0.379 e. The van der Waals surface area contributed by atoms with Crippen LogP contribution in [-0.4, -0.2) is 4.98 Å². The van der Waals surface area contributed by atoms with Gasteiger partial charge < -0.3 is 10.6 Å². The van der Waals surface area contributed by atoms with Gasteiger partial charge in [0.05, 0.1) is 24.0 Å². The number of benzene rings is 3. The molecule has 1 aliphatic rings. The Balaban J connectivity index is 1.43. The lowest BCUT2D eigenvalue weighted by molar-refractivity contribution is 0.762. The Morgan fingerprint density at radius 1 is 0.778 bits per heavy atom. The van der Waals surface area contributed by atoms with Gasteiger partial charge in [0, 0.05) is 16.9 Å². The predicted octanol–water partition coefficient (Wildman–Crippen LogP) is 8.71. The zero-order valence-electron chi connectivity index (χ0n) is 21.9. The Bertz CT molecular complexity index is 1300. The number of hydrogen-bond donors (Lipinski definition) is 2. The summed E-state index contributed by atoms with van der Waals surface area (Å²) in [6.45, 7) is 9.76. The Morgan fingerprint density at radius 3 is 2.19 bits per heavy atom. The lowest BCUT2D eigenvalue weighted by Crippen LogP contribution is -2.10. The van der Waals surface area contributed by atoms with Gasteiger partial charge in [0.15, 0.2) is 0 Å². The molecule has 0 fully saturated rings. The average molecular weight is 476 g/mol. The number of rotatable bonds is 8. The van der Waals surface area contributed by atoms with Crippen LogP contribution in [0.1, 0.15) is 79.9 Å². The fourth-order valence-electron chi connectivity index (χ4n) is 5.45. The first-order valence-electron chi connectivity index (χ1n) is 13.3. The van der Waals surface area contributed by atoms with Crippen LogP contribution < -0.4 is 10.6 Å². The molecule has 0 spiro atoms. The number of fused-ring (bicyclic) bond motifs is 1. The molecule has 1 heterocycles. The van der Waals surface area contributed by atoms with Gasteiger partial charge in [-0.2, -0.15) is 0 Å². The molecule has 3 heteroatoms. The summed E-state index contributed by atoms with van der Waals surface area (Å²) in [6, 6.07) is 30.6. The normalized spacial score (nSPS) is 14.8. The molecule has 5 rings (SSSR count). The highest BCUT2D eigenvalue weighted by Gasteiger charge is 2.26. The SMILES string of the molecule is CC(C)c1cccc(C(C)C)c1NCc1cccc(-c2cccc3c2C(Nc2ccccc2)CC3)n1. The average Bonchev–Trinajstić information content (AvgIpc) is 3.30. The van der Waals surface area contributed by atoms with Crippen molar-refractivity contribution in [2.24, 2.45) is 0 Å². The van der Waals surface area contributed by atoms with Crippen LogP contribution in [0.15, 0.2) is 84.9 Å². The highest BCUT2D eigenvalue weighted by atomic mass is 14.9. The first-order valence-corrected chi connectivity index (χ1v) is 13.3. The van der Waals surface area contributed by atoms with Crippen LogP contribution in [-0.2, 0) is 13.0 Å². The zero-order valence-corrected chi connectivity index (χ0v) is 21.9. The minimum atomic E-state index is 0.300. The highest BCUT2D eigenvalue weighted by molar-refractivity contribution is 5.69. The van der Waals surface area contributed by atoms with Crippen molar-refractivity contribution in [2.45, 2.75) is 65.0 Å². The van der Waals surface area contributed by atoms with Gasteiger partial charge in [-0.1, -0.05) is 88.4 Å². The van der Waals surface area contributed by atoms with E-state index in [-0.39, 0.29) is 0 Å². The van der Waals surface area contributed by atoms with E-state index in [9.17, 15) is 0 Å². The molecule has 0 bridgehead atoms. The molecule has 0 radical (unpaired) electrons. The highest BCUT2D eigenvalue weighted by Crippen LogP contribution is 2.40. The summed E-state index contributed by atoms with van der Waals surface area (Å²) in [7, 11) is 0. The number of para-hydroxylation sites is 2. The summed E-state index contributed by atoms with van der Waals surface area (Å²) < 4.78 is 0. The van der Waals surface area contributed by atoms with Gasteiger partial charge >= 0.3 is 0 Å². The van der Waals surface area contributed by atoms with E-state index in [4.69, 9.17) is 4.98 Å². The number of nitrogens with zero attached hydrogens (tertiary/aromatic N) is 1. The van der Waals surface area contributed by atoms with Gasteiger partial charge in [0.1, 0.15) is 0 Å². The van der Waals surface area contributed by atoms with E-state index in [0.717, 1.165) is 24.2 Å². The van der Waals surface area contributed by atoms with Crippen LogP contribution in [0.4, 0.5) is 11.4 Å². The van der Waals surface area contributed by atoms with Gasteiger partial charge in [-0.3, -0.25) is 4.98 Å². The van der Waals surface area contributed by atoms with E-state index < -0.39 is 0 Å². The first-order chi connectivity index (χ1) is 17.5. The van der Waals surface area contributed by atoms with Gasteiger partial charge in [0.25, 0.3) is 0 Å². The minimum absolute atomic E-state index is 0.300. The topological polar surface area (TPSA) is 37.0 Å². The van der Waals surface area contributed by atoms with Crippen molar-refractivity contribution in [1.29, 1.82) is 0 Å². The van der Waals surface area contributed by atoms with Crippen molar-refractivity contribution in [3.63, 3.8) is 0 Å². The molecule has 1 unspecified atom stereocenters. The van der Waals surface area contributed by atoms with Gasteiger partial charge in [-0.25, -0.2) is 0 Å². The van der Waals surface area contributed by atoms with Crippen molar-refractivity contribution >= 4 is 11.4 Å². The number of aromatic nitrogens is 1. The second-order valence-corrected chi connectivity index (χ2v) is 10.5. The summed E-state index contributed by atoms with van der Waals surface area (Å²) in [4.78, 5) is 5.14. The molecular weight excluding hydrogens is 438 g/mol. The smallest absolute Gasteiger partial charge is 0.0709 e. The maximum Gasteiger partial charge on any atom is 0.0709 e. The Kier molecular flexibility index (Phi) is 7.09. The number of anilines is 2. The summed E-state index contributed by atoms with van der Waals surface area (Å²) in [6.07, 6.45) is 2.20. The fraction of sp³-hybridized carbons (Fsp3) is 0.303. The third-order valence-electron chi connectivity index (χ3n) is 7.26. The molecule has 3 aromatic carbocycles.